The van der Waals surface area contributed by atoms with Gasteiger partial charge in [-0.2, -0.15) is 11.8 Å². The van der Waals surface area contributed by atoms with Gasteiger partial charge in [0.15, 0.2) is 0 Å². The van der Waals surface area contributed by atoms with Crippen LogP contribution in [0.25, 0.3) is 0 Å². The highest BCUT2D eigenvalue weighted by molar-refractivity contribution is 7.99. The molecule has 1 amide bonds. The fraction of sp³-hybridized carbons (Fsp3) is 0.440. The lowest BCUT2D eigenvalue weighted by molar-refractivity contribution is -0.122. The van der Waals surface area contributed by atoms with Crippen LogP contribution < -0.4 is 0 Å². The molecular weight excluding hydrogens is 408 g/mol. The molecule has 0 aliphatic carbocycles. The zero-order valence-corrected chi connectivity index (χ0v) is 18.5. The van der Waals surface area contributed by atoms with E-state index in [2.05, 4.69) is 51.9 Å². The molecule has 0 aromatic heterocycles. The Morgan fingerprint density at radius 1 is 0.935 bits per heavy atom. The second kappa shape index (κ2) is 10.3. The number of carbonyl (C=O) groups excluding carboxylic acids is 1. The van der Waals surface area contributed by atoms with E-state index in [1.165, 1.54) is 29.9 Å². The van der Waals surface area contributed by atoms with Crippen LogP contribution in [0.1, 0.15) is 34.8 Å². The van der Waals surface area contributed by atoms with Gasteiger partial charge in [-0.3, -0.25) is 14.5 Å². The van der Waals surface area contributed by atoms with Gasteiger partial charge in [0.2, 0.25) is 0 Å². The van der Waals surface area contributed by atoms with E-state index in [9.17, 15) is 4.79 Å². The Morgan fingerprint density at radius 3 is 2.19 bits per heavy atom. The summed E-state index contributed by atoms with van der Waals surface area (Å²) in [5, 5.41) is 6.89. The van der Waals surface area contributed by atoms with Crippen LogP contribution in [0.4, 0.5) is 0 Å². The van der Waals surface area contributed by atoms with Crippen LogP contribution in [-0.2, 0) is 4.79 Å². The van der Waals surface area contributed by atoms with Crippen molar-refractivity contribution >= 4 is 24.1 Å². The van der Waals surface area contributed by atoms with Crippen molar-refractivity contribution in [2.45, 2.75) is 24.9 Å². The Labute approximate surface area is 188 Å². The van der Waals surface area contributed by atoms with Crippen molar-refractivity contribution in [3.05, 3.63) is 71.8 Å². The second-order valence-electron chi connectivity index (χ2n) is 8.51. The highest BCUT2D eigenvalue weighted by Gasteiger charge is 2.50. The summed E-state index contributed by atoms with van der Waals surface area (Å²) in [5.74, 6) is 3.93. The van der Waals surface area contributed by atoms with E-state index in [0.29, 0.717) is 11.8 Å². The predicted molar refractivity (Wildman–Crippen MR) is 124 cm³/mol. The van der Waals surface area contributed by atoms with Gasteiger partial charge in [0, 0.05) is 37.2 Å². The molecule has 3 fully saturated rings. The molecule has 2 aromatic carbocycles. The maximum atomic E-state index is 13.4. The lowest BCUT2D eigenvalue weighted by atomic mass is 9.89. The number of hydrogen-bond acceptors (Lipinski definition) is 4. The van der Waals surface area contributed by atoms with Crippen LogP contribution >= 0.6 is 11.8 Å². The van der Waals surface area contributed by atoms with E-state index >= 15 is 0 Å². The lowest BCUT2D eigenvalue weighted by Gasteiger charge is -2.34. The molecule has 3 aliphatic rings. The summed E-state index contributed by atoms with van der Waals surface area (Å²) in [6.07, 6.45) is 2.65. The van der Waals surface area contributed by atoms with Gasteiger partial charge in [-0.25, -0.2) is 0 Å². The fourth-order valence-electron chi connectivity index (χ4n) is 5.46. The van der Waals surface area contributed by atoms with Crippen LogP contribution in [0.5, 0.6) is 0 Å². The number of carboxylic acid groups (broad SMARTS) is 1. The third-order valence-corrected chi connectivity index (χ3v) is 7.87. The number of rotatable bonds is 3. The van der Waals surface area contributed by atoms with Crippen molar-refractivity contribution < 1.29 is 14.7 Å². The lowest BCUT2D eigenvalue weighted by Crippen LogP contribution is -2.40. The molecule has 3 saturated heterocycles. The number of likely N-dealkylation sites (tertiary alicyclic amines) is 2. The van der Waals surface area contributed by atoms with E-state index in [-0.39, 0.29) is 18.4 Å². The Morgan fingerprint density at radius 2 is 1.55 bits per heavy atom. The topological polar surface area (TPSA) is 60.9 Å². The second-order valence-corrected chi connectivity index (χ2v) is 9.73. The summed E-state index contributed by atoms with van der Waals surface area (Å²) < 4.78 is 0. The summed E-state index contributed by atoms with van der Waals surface area (Å²) in [5.41, 5.74) is 2.10. The van der Waals surface area contributed by atoms with E-state index in [0.717, 1.165) is 31.2 Å². The molecule has 0 spiro atoms. The number of nitrogens with zero attached hydrogens (tertiary/aromatic N) is 2. The molecule has 0 radical (unpaired) electrons. The average Bonchev–Trinajstić information content (AvgIpc) is 3.39. The number of carbonyl (C=O) groups is 2. The molecule has 3 heterocycles. The van der Waals surface area contributed by atoms with Crippen LogP contribution in [0, 0.1) is 11.8 Å². The summed E-state index contributed by atoms with van der Waals surface area (Å²) in [6, 6.07) is 21.5. The zero-order valence-electron chi connectivity index (χ0n) is 17.7. The first-order chi connectivity index (χ1) is 15.2. The molecule has 3 atom stereocenters. The third kappa shape index (κ3) is 4.80. The van der Waals surface area contributed by atoms with E-state index in [4.69, 9.17) is 9.90 Å². The van der Waals surface area contributed by atoms with Crippen LogP contribution in [-0.4, -0.2) is 64.5 Å². The Balaban J connectivity index is 0.000000730. The maximum Gasteiger partial charge on any atom is 0.290 e. The molecule has 31 heavy (non-hydrogen) atoms. The minimum absolute atomic E-state index is 0.185. The van der Waals surface area contributed by atoms with Gasteiger partial charge in [-0.15, -0.1) is 0 Å². The summed E-state index contributed by atoms with van der Waals surface area (Å²) in [6.45, 7) is 2.93. The monoisotopic (exact) mass is 438 g/mol. The van der Waals surface area contributed by atoms with Gasteiger partial charge in [0.25, 0.3) is 12.4 Å². The van der Waals surface area contributed by atoms with Gasteiger partial charge < -0.3 is 10.0 Å². The first-order valence-corrected chi connectivity index (χ1v) is 12.2. The van der Waals surface area contributed by atoms with E-state index in [1.807, 2.05) is 30.3 Å². The summed E-state index contributed by atoms with van der Waals surface area (Å²) in [4.78, 5) is 26.6. The minimum Gasteiger partial charge on any atom is -0.483 e. The standard InChI is InChI=1S/C24H28N2OS.CH2O2/c27-24(19-9-5-2-6-10-19)26-16-20-15-25(21-11-13-28-14-12-21)17-22(20)23(26)18-7-3-1-4-8-18;2-1-3/h1-10,20-23H,11-17H2;1H,(H,2,3)/t20-,22-,23+;/m0./s1. The van der Waals surface area contributed by atoms with Gasteiger partial charge in [0.05, 0.1) is 6.04 Å². The first-order valence-electron chi connectivity index (χ1n) is 11.0. The molecule has 6 heteroatoms. The van der Waals surface area contributed by atoms with E-state index in [1.54, 1.807) is 0 Å². The van der Waals surface area contributed by atoms with Crippen LogP contribution in [0.2, 0.25) is 0 Å². The highest BCUT2D eigenvalue weighted by Crippen LogP contribution is 2.46. The normalized spacial score (nSPS) is 26.1. The van der Waals surface area contributed by atoms with Crippen LogP contribution in [0.3, 0.4) is 0 Å². The molecule has 164 valence electrons. The number of hydrogen-bond donors (Lipinski definition) is 1. The Kier molecular flexibility index (Phi) is 7.30. The third-order valence-electron chi connectivity index (χ3n) is 6.82. The van der Waals surface area contributed by atoms with Crippen molar-refractivity contribution in [3.63, 3.8) is 0 Å². The zero-order chi connectivity index (χ0) is 21.6. The SMILES string of the molecule is O=C(c1ccccc1)N1C[C@@H]2CN(C3CCSCC3)C[C@@H]2[C@H]1c1ccccc1.O=CO. The Hall–Kier alpha value is -2.31. The average molecular weight is 439 g/mol. The smallest absolute Gasteiger partial charge is 0.290 e. The fourth-order valence-corrected chi connectivity index (χ4v) is 6.54. The minimum atomic E-state index is -0.250. The largest absolute Gasteiger partial charge is 0.483 e. The van der Waals surface area contributed by atoms with Gasteiger partial charge in [0.1, 0.15) is 0 Å². The quantitative estimate of drug-likeness (QED) is 0.734. The van der Waals surface area contributed by atoms with Crippen molar-refractivity contribution in [1.29, 1.82) is 0 Å². The molecule has 0 unspecified atom stereocenters. The molecule has 3 aliphatic heterocycles. The van der Waals surface area contributed by atoms with E-state index < -0.39 is 0 Å². The van der Waals surface area contributed by atoms with Crippen molar-refractivity contribution in [2.75, 3.05) is 31.1 Å². The predicted octanol–water partition coefficient (Wildman–Crippen LogP) is 4.03. The first kappa shape index (κ1) is 21.9. The molecule has 1 N–H and O–H groups in total. The molecule has 2 aromatic rings. The number of benzene rings is 2. The van der Waals surface area contributed by atoms with Gasteiger partial charge in [-0.1, -0.05) is 48.5 Å². The summed E-state index contributed by atoms with van der Waals surface area (Å²) >= 11 is 2.10. The van der Waals surface area contributed by atoms with Gasteiger partial charge in [-0.05, 0) is 48.0 Å². The number of fused-ring (bicyclic) bond motifs is 1. The maximum absolute atomic E-state index is 13.4. The molecule has 5 rings (SSSR count). The molecule has 0 saturated carbocycles. The number of amides is 1. The Bertz CT molecular complexity index is 858. The van der Waals surface area contributed by atoms with Gasteiger partial charge >= 0.3 is 0 Å². The van der Waals surface area contributed by atoms with Crippen molar-refractivity contribution in [3.8, 4) is 0 Å². The summed E-state index contributed by atoms with van der Waals surface area (Å²) in [7, 11) is 0. The highest BCUT2D eigenvalue weighted by atomic mass is 32.2. The molecular formula is C25H30N2O3S. The number of thioether (sulfide) groups is 1. The molecule has 5 nitrogen and oxygen atoms in total. The van der Waals surface area contributed by atoms with Crippen molar-refractivity contribution in [2.24, 2.45) is 11.8 Å². The molecule has 0 bridgehead atoms. The van der Waals surface area contributed by atoms with Crippen molar-refractivity contribution in [1.82, 2.24) is 9.80 Å². The van der Waals surface area contributed by atoms with Crippen LogP contribution in [0.15, 0.2) is 60.7 Å².